The van der Waals surface area contributed by atoms with E-state index in [4.69, 9.17) is 5.26 Å². The molecule has 3 aromatic rings. The third-order valence-corrected chi connectivity index (χ3v) is 4.69. The average Bonchev–Trinajstić information content (AvgIpc) is 3.09. The molecule has 0 saturated carbocycles. The van der Waals surface area contributed by atoms with Crippen molar-refractivity contribution in [2.24, 2.45) is 0 Å². The third-order valence-electron chi connectivity index (χ3n) is 4.69. The zero-order chi connectivity index (χ0) is 20.1. The Morgan fingerprint density at radius 1 is 1.21 bits per heavy atom. The number of hydrogen-bond donors (Lipinski definition) is 1. The van der Waals surface area contributed by atoms with Gasteiger partial charge in [-0.2, -0.15) is 10.4 Å². The second-order valence-corrected chi connectivity index (χ2v) is 6.67. The summed E-state index contributed by atoms with van der Waals surface area (Å²) in [6, 6.07) is 15.2. The van der Waals surface area contributed by atoms with Gasteiger partial charge in [-0.25, -0.2) is 9.07 Å². The molecule has 6 heteroatoms. The SMILES string of the molecule is Cc1c(C(C)NC(=O)CCc2ccc(C#N)cc2)cnn1-c1ccc(F)cc1. The van der Waals surface area contributed by atoms with Crippen molar-refractivity contribution in [3.8, 4) is 11.8 Å². The van der Waals surface area contributed by atoms with Crippen molar-refractivity contribution >= 4 is 5.91 Å². The molecule has 5 nitrogen and oxygen atoms in total. The van der Waals surface area contributed by atoms with E-state index in [0.29, 0.717) is 18.4 Å². The second-order valence-electron chi connectivity index (χ2n) is 6.67. The highest BCUT2D eigenvalue weighted by atomic mass is 19.1. The number of carbonyl (C=O) groups is 1. The molecule has 0 fully saturated rings. The highest BCUT2D eigenvalue weighted by molar-refractivity contribution is 5.76. The highest BCUT2D eigenvalue weighted by Crippen LogP contribution is 2.20. The summed E-state index contributed by atoms with van der Waals surface area (Å²) in [6.07, 6.45) is 2.70. The average molecular weight is 376 g/mol. The maximum Gasteiger partial charge on any atom is 0.220 e. The minimum Gasteiger partial charge on any atom is -0.349 e. The van der Waals surface area contributed by atoms with Crippen LogP contribution in [0.15, 0.2) is 54.7 Å². The Hall–Kier alpha value is -3.46. The van der Waals surface area contributed by atoms with Gasteiger partial charge in [0, 0.05) is 17.7 Å². The van der Waals surface area contributed by atoms with Crippen molar-refractivity contribution in [3.63, 3.8) is 0 Å². The van der Waals surface area contributed by atoms with Crippen LogP contribution in [-0.2, 0) is 11.2 Å². The van der Waals surface area contributed by atoms with Crippen LogP contribution in [0.25, 0.3) is 5.69 Å². The largest absolute Gasteiger partial charge is 0.349 e. The lowest BCUT2D eigenvalue weighted by Crippen LogP contribution is -2.27. The van der Waals surface area contributed by atoms with Crippen LogP contribution in [-0.4, -0.2) is 15.7 Å². The molecule has 0 aliphatic rings. The number of nitriles is 1. The molecule has 0 aliphatic heterocycles. The van der Waals surface area contributed by atoms with E-state index >= 15 is 0 Å². The normalized spacial score (nSPS) is 11.6. The molecule has 1 amide bonds. The standard InChI is InChI=1S/C22H21FN4O/c1-15(26-22(28)12-7-17-3-5-18(13-24)6-4-17)21-14-25-27(16(21)2)20-10-8-19(23)9-11-20/h3-6,8-11,14-15H,7,12H2,1-2H3,(H,26,28). The molecule has 0 aliphatic carbocycles. The molecule has 3 rings (SSSR count). The van der Waals surface area contributed by atoms with Gasteiger partial charge in [0.05, 0.1) is 29.6 Å². The molecule has 142 valence electrons. The van der Waals surface area contributed by atoms with E-state index < -0.39 is 0 Å². The van der Waals surface area contributed by atoms with Gasteiger partial charge in [0.15, 0.2) is 0 Å². The van der Waals surface area contributed by atoms with Gasteiger partial charge in [0.2, 0.25) is 5.91 Å². The maximum atomic E-state index is 13.1. The predicted octanol–water partition coefficient (Wildman–Crippen LogP) is 4.00. The first kappa shape index (κ1) is 19.3. The lowest BCUT2D eigenvalue weighted by molar-refractivity contribution is -0.121. The quantitative estimate of drug-likeness (QED) is 0.707. The van der Waals surface area contributed by atoms with E-state index in [1.807, 2.05) is 26.0 Å². The zero-order valence-electron chi connectivity index (χ0n) is 15.8. The molecule has 0 radical (unpaired) electrons. The van der Waals surface area contributed by atoms with Gasteiger partial charge in [0.25, 0.3) is 0 Å². The molecule has 1 atom stereocenters. The van der Waals surface area contributed by atoms with Crippen LogP contribution in [0.1, 0.15) is 41.8 Å². The molecule has 1 heterocycles. The summed E-state index contributed by atoms with van der Waals surface area (Å²) in [6.45, 7) is 3.84. The summed E-state index contributed by atoms with van der Waals surface area (Å²) in [5, 5.41) is 16.2. The van der Waals surface area contributed by atoms with E-state index in [-0.39, 0.29) is 17.8 Å². The van der Waals surface area contributed by atoms with Crippen LogP contribution in [0.5, 0.6) is 0 Å². The Kier molecular flexibility index (Phi) is 5.85. The molecule has 1 N–H and O–H groups in total. The first-order valence-corrected chi connectivity index (χ1v) is 9.07. The smallest absolute Gasteiger partial charge is 0.220 e. The number of nitrogens with zero attached hydrogens (tertiary/aromatic N) is 3. The molecule has 0 saturated heterocycles. The molecular formula is C22H21FN4O. The lowest BCUT2D eigenvalue weighted by atomic mass is 10.1. The van der Waals surface area contributed by atoms with Crippen LogP contribution < -0.4 is 5.32 Å². The van der Waals surface area contributed by atoms with Crippen LogP contribution in [0.3, 0.4) is 0 Å². The van der Waals surface area contributed by atoms with Crippen molar-refractivity contribution in [2.45, 2.75) is 32.7 Å². The van der Waals surface area contributed by atoms with Gasteiger partial charge in [-0.05, 0) is 62.2 Å². The van der Waals surface area contributed by atoms with Gasteiger partial charge >= 0.3 is 0 Å². The number of carbonyl (C=O) groups excluding carboxylic acids is 1. The Morgan fingerprint density at radius 3 is 2.54 bits per heavy atom. The number of halogens is 1. The predicted molar refractivity (Wildman–Crippen MR) is 104 cm³/mol. The van der Waals surface area contributed by atoms with E-state index in [2.05, 4.69) is 16.5 Å². The summed E-state index contributed by atoms with van der Waals surface area (Å²) in [4.78, 5) is 12.3. The van der Waals surface area contributed by atoms with Crippen molar-refractivity contribution in [2.75, 3.05) is 0 Å². The Balaban J connectivity index is 1.61. The van der Waals surface area contributed by atoms with Crippen LogP contribution in [0.2, 0.25) is 0 Å². The van der Waals surface area contributed by atoms with Gasteiger partial charge in [-0.1, -0.05) is 12.1 Å². The summed E-state index contributed by atoms with van der Waals surface area (Å²) < 4.78 is 14.9. The van der Waals surface area contributed by atoms with Gasteiger partial charge in [-0.15, -0.1) is 0 Å². The Morgan fingerprint density at radius 2 is 1.89 bits per heavy atom. The van der Waals surface area contributed by atoms with Crippen LogP contribution in [0.4, 0.5) is 4.39 Å². The van der Waals surface area contributed by atoms with Crippen molar-refractivity contribution in [3.05, 3.63) is 82.9 Å². The van der Waals surface area contributed by atoms with Crippen LogP contribution >= 0.6 is 0 Å². The number of amides is 1. The van der Waals surface area contributed by atoms with E-state index in [1.165, 1.54) is 12.1 Å². The van der Waals surface area contributed by atoms with Crippen molar-refractivity contribution in [1.82, 2.24) is 15.1 Å². The van der Waals surface area contributed by atoms with Gasteiger partial charge in [-0.3, -0.25) is 4.79 Å². The topological polar surface area (TPSA) is 70.7 Å². The summed E-state index contributed by atoms with van der Waals surface area (Å²) in [7, 11) is 0. The number of aromatic nitrogens is 2. The maximum absolute atomic E-state index is 13.1. The Bertz CT molecular complexity index is 1000. The minimum atomic E-state index is -0.295. The summed E-state index contributed by atoms with van der Waals surface area (Å²) in [5.41, 5.74) is 4.20. The molecule has 0 spiro atoms. The van der Waals surface area contributed by atoms with Gasteiger partial charge in [0.1, 0.15) is 5.82 Å². The number of hydrogen-bond acceptors (Lipinski definition) is 3. The number of rotatable bonds is 6. The Labute approximate surface area is 163 Å². The molecule has 0 bridgehead atoms. The monoisotopic (exact) mass is 376 g/mol. The zero-order valence-corrected chi connectivity index (χ0v) is 15.8. The van der Waals surface area contributed by atoms with E-state index in [1.54, 1.807) is 35.1 Å². The molecule has 2 aromatic carbocycles. The summed E-state index contributed by atoms with van der Waals surface area (Å²) in [5.74, 6) is -0.345. The molecule has 1 aromatic heterocycles. The van der Waals surface area contributed by atoms with E-state index in [9.17, 15) is 9.18 Å². The van der Waals surface area contributed by atoms with E-state index in [0.717, 1.165) is 22.5 Å². The number of nitrogens with one attached hydrogen (secondary N) is 1. The van der Waals surface area contributed by atoms with Crippen molar-refractivity contribution < 1.29 is 9.18 Å². The van der Waals surface area contributed by atoms with Crippen molar-refractivity contribution in [1.29, 1.82) is 5.26 Å². The lowest BCUT2D eigenvalue weighted by Gasteiger charge is -2.14. The minimum absolute atomic E-state index is 0.0502. The number of benzene rings is 2. The van der Waals surface area contributed by atoms with Gasteiger partial charge < -0.3 is 5.32 Å². The second kappa shape index (κ2) is 8.49. The fraction of sp³-hybridized carbons (Fsp3) is 0.227. The first-order chi connectivity index (χ1) is 13.5. The molecular weight excluding hydrogens is 355 g/mol. The molecule has 28 heavy (non-hydrogen) atoms. The number of aryl methyl sites for hydroxylation is 1. The third kappa shape index (κ3) is 4.44. The molecule has 1 unspecified atom stereocenters. The fourth-order valence-corrected chi connectivity index (χ4v) is 3.09. The van der Waals surface area contributed by atoms with Crippen LogP contribution in [0, 0.1) is 24.1 Å². The summed E-state index contributed by atoms with van der Waals surface area (Å²) >= 11 is 0. The highest BCUT2D eigenvalue weighted by Gasteiger charge is 2.16. The first-order valence-electron chi connectivity index (χ1n) is 9.07. The fourth-order valence-electron chi connectivity index (χ4n) is 3.09.